The summed E-state index contributed by atoms with van der Waals surface area (Å²) in [5, 5.41) is 11.0. The highest BCUT2D eigenvalue weighted by Gasteiger charge is 2.37. The van der Waals surface area contributed by atoms with Gasteiger partial charge in [-0.05, 0) is 17.5 Å². The summed E-state index contributed by atoms with van der Waals surface area (Å²) in [6, 6.07) is 20.4. The number of imidazole rings is 1. The molecule has 0 radical (unpaired) electrons. The van der Waals surface area contributed by atoms with Crippen LogP contribution in [0.4, 0.5) is 0 Å². The van der Waals surface area contributed by atoms with Gasteiger partial charge < -0.3 is 9.67 Å². The van der Waals surface area contributed by atoms with Gasteiger partial charge in [0.1, 0.15) is 11.4 Å². The molecular formula is C21H23N3O. The molecule has 25 heavy (non-hydrogen) atoms. The third-order valence-electron chi connectivity index (χ3n) is 5.00. The van der Waals surface area contributed by atoms with Crippen LogP contribution < -0.4 is 0 Å². The predicted octanol–water partition coefficient (Wildman–Crippen LogP) is 3.02. The van der Waals surface area contributed by atoms with Gasteiger partial charge in [0.15, 0.2) is 0 Å². The minimum absolute atomic E-state index is 0.648. The monoisotopic (exact) mass is 333 g/mol. The van der Waals surface area contributed by atoms with Crippen molar-refractivity contribution in [1.29, 1.82) is 0 Å². The largest absolute Gasteiger partial charge is 0.384 e. The van der Waals surface area contributed by atoms with Crippen molar-refractivity contribution >= 4 is 0 Å². The highest BCUT2D eigenvalue weighted by molar-refractivity contribution is 5.24. The summed E-state index contributed by atoms with van der Waals surface area (Å²) < 4.78 is 2.19. The summed E-state index contributed by atoms with van der Waals surface area (Å²) in [6.45, 7) is 3.11. The van der Waals surface area contributed by atoms with Gasteiger partial charge in [-0.25, -0.2) is 4.98 Å². The Labute approximate surface area is 148 Å². The van der Waals surface area contributed by atoms with E-state index in [0.29, 0.717) is 6.54 Å². The van der Waals surface area contributed by atoms with Gasteiger partial charge in [-0.1, -0.05) is 60.7 Å². The molecule has 4 nitrogen and oxygen atoms in total. The van der Waals surface area contributed by atoms with Crippen molar-refractivity contribution in [3.8, 4) is 0 Å². The van der Waals surface area contributed by atoms with Gasteiger partial charge in [0.2, 0.25) is 0 Å². The zero-order valence-electron chi connectivity index (χ0n) is 14.3. The third-order valence-corrected chi connectivity index (χ3v) is 5.00. The van der Waals surface area contributed by atoms with E-state index in [9.17, 15) is 5.11 Å². The van der Waals surface area contributed by atoms with Gasteiger partial charge in [-0.15, -0.1) is 0 Å². The molecule has 1 saturated heterocycles. The second-order valence-corrected chi connectivity index (χ2v) is 6.82. The summed E-state index contributed by atoms with van der Waals surface area (Å²) in [6.07, 6.45) is 4.65. The average molecular weight is 333 g/mol. The molecule has 2 aromatic carbocycles. The SMILES string of the molecule is O[C@]1(c2ccccc2)CCN(Cc2nccn2Cc2ccccc2)C1. The Bertz CT molecular complexity index is 815. The Balaban J connectivity index is 1.45. The lowest BCUT2D eigenvalue weighted by Gasteiger charge is -2.24. The van der Waals surface area contributed by atoms with E-state index in [2.05, 4.69) is 38.7 Å². The van der Waals surface area contributed by atoms with Gasteiger partial charge in [-0.3, -0.25) is 4.90 Å². The Hall–Kier alpha value is -2.43. The van der Waals surface area contributed by atoms with E-state index in [4.69, 9.17) is 0 Å². The normalized spacial score (nSPS) is 20.8. The number of β-amino-alcohol motifs (C(OH)–C–C–N with tert-alkyl or cyclic N) is 1. The van der Waals surface area contributed by atoms with Crippen LogP contribution in [0.3, 0.4) is 0 Å². The van der Waals surface area contributed by atoms with Crippen LogP contribution >= 0.6 is 0 Å². The highest BCUT2D eigenvalue weighted by Crippen LogP contribution is 2.32. The van der Waals surface area contributed by atoms with Crippen molar-refractivity contribution < 1.29 is 5.11 Å². The first-order valence-electron chi connectivity index (χ1n) is 8.77. The Morgan fingerprint density at radius 2 is 1.68 bits per heavy atom. The van der Waals surface area contributed by atoms with Gasteiger partial charge in [0.25, 0.3) is 0 Å². The zero-order valence-corrected chi connectivity index (χ0v) is 14.3. The second kappa shape index (κ2) is 6.82. The summed E-state index contributed by atoms with van der Waals surface area (Å²) in [4.78, 5) is 6.82. The van der Waals surface area contributed by atoms with Crippen molar-refractivity contribution in [2.75, 3.05) is 13.1 Å². The van der Waals surface area contributed by atoms with Crippen LogP contribution in [0.2, 0.25) is 0 Å². The first-order chi connectivity index (χ1) is 12.2. The molecule has 0 aliphatic carbocycles. The molecule has 1 N–H and O–H groups in total. The van der Waals surface area contributed by atoms with E-state index in [0.717, 1.165) is 37.4 Å². The van der Waals surface area contributed by atoms with Crippen LogP contribution in [0.25, 0.3) is 0 Å². The molecule has 2 heterocycles. The molecule has 0 spiro atoms. The number of rotatable bonds is 5. The van der Waals surface area contributed by atoms with Crippen LogP contribution in [-0.2, 0) is 18.7 Å². The Morgan fingerprint density at radius 3 is 2.44 bits per heavy atom. The fraction of sp³-hybridized carbons (Fsp3) is 0.286. The standard InChI is InChI=1S/C21H23N3O/c25-21(19-9-5-2-6-10-19)11-13-23(17-21)16-20-22-12-14-24(20)15-18-7-3-1-4-8-18/h1-10,12,14,25H,11,13,15-17H2/t21-/m1/s1. The molecule has 0 saturated carbocycles. The molecular weight excluding hydrogens is 310 g/mol. The van der Waals surface area contributed by atoms with Crippen molar-refractivity contribution in [2.24, 2.45) is 0 Å². The van der Waals surface area contributed by atoms with Gasteiger partial charge in [-0.2, -0.15) is 0 Å². The second-order valence-electron chi connectivity index (χ2n) is 6.82. The lowest BCUT2D eigenvalue weighted by Crippen LogP contribution is -2.31. The smallest absolute Gasteiger partial charge is 0.123 e. The summed E-state index contributed by atoms with van der Waals surface area (Å²) >= 11 is 0. The first-order valence-corrected chi connectivity index (χ1v) is 8.77. The summed E-state index contributed by atoms with van der Waals surface area (Å²) in [5.74, 6) is 1.04. The lowest BCUT2D eigenvalue weighted by molar-refractivity contribution is 0.0449. The van der Waals surface area contributed by atoms with E-state index in [1.54, 1.807) is 0 Å². The van der Waals surface area contributed by atoms with Crippen molar-refractivity contribution in [1.82, 2.24) is 14.5 Å². The predicted molar refractivity (Wildman–Crippen MR) is 98.0 cm³/mol. The molecule has 1 atom stereocenters. The molecule has 4 rings (SSSR count). The van der Waals surface area contributed by atoms with Crippen LogP contribution in [0, 0.1) is 0 Å². The van der Waals surface area contributed by atoms with Crippen molar-refractivity contribution in [2.45, 2.75) is 25.1 Å². The molecule has 1 aliphatic rings. The highest BCUT2D eigenvalue weighted by atomic mass is 16.3. The van der Waals surface area contributed by atoms with Crippen LogP contribution in [-0.4, -0.2) is 32.6 Å². The molecule has 4 heteroatoms. The first kappa shape index (κ1) is 16.1. The zero-order chi connectivity index (χ0) is 17.1. The number of likely N-dealkylation sites (tertiary alicyclic amines) is 1. The molecule has 0 amide bonds. The minimum atomic E-state index is -0.752. The number of aliphatic hydroxyl groups is 1. The molecule has 1 aliphatic heterocycles. The summed E-state index contributed by atoms with van der Waals surface area (Å²) in [7, 11) is 0. The summed E-state index contributed by atoms with van der Waals surface area (Å²) in [5.41, 5.74) is 1.52. The van der Waals surface area contributed by atoms with Crippen LogP contribution in [0.5, 0.6) is 0 Å². The fourth-order valence-corrected chi connectivity index (χ4v) is 3.61. The maximum Gasteiger partial charge on any atom is 0.123 e. The Morgan fingerprint density at radius 1 is 0.960 bits per heavy atom. The molecule has 3 aromatic rings. The maximum atomic E-state index is 11.0. The van der Waals surface area contributed by atoms with Crippen LogP contribution in [0.15, 0.2) is 73.1 Å². The van der Waals surface area contributed by atoms with E-state index in [-0.39, 0.29) is 0 Å². The van der Waals surface area contributed by atoms with Crippen molar-refractivity contribution in [3.63, 3.8) is 0 Å². The molecule has 0 unspecified atom stereocenters. The third kappa shape index (κ3) is 3.50. The van der Waals surface area contributed by atoms with Crippen LogP contribution in [0.1, 0.15) is 23.4 Å². The van der Waals surface area contributed by atoms with Gasteiger partial charge in [0.05, 0.1) is 6.54 Å². The molecule has 128 valence electrons. The molecule has 0 bridgehead atoms. The average Bonchev–Trinajstić information content (AvgIpc) is 3.25. The number of aromatic nitrogens is 2. The molecule has 1 aromatic heterocycles. The minimum Gasteiger partial charge on any atom is -0.384 e. The van der Waals surface area contributed by atoms with E-state index in [1.165, 1.54) is 5.56 Å². The maximum absolute atomic E-state index is 11.0. The molecule has 1 fully saturated rings. The number of benzene rings is 2. The van der Waals surface area contributed by atoms with Gasteiger partial charge in [0, 0.05) is 32.0 Å². The fourth-order valence-electron chi connectivity index (χ4n) is 3.61. The number of hydrogen-bond donors (Lipinski definition) is 1. The van der Waals surface area contributed by atoms with Gasteiger partial charge >= 0.3 is 0 Å². The topological polar surface area (TPSA) is 41.3 Å². The quantitative estimate of drug-likeness (QED) is 0.780. The van der Waals surface area contributed by atoms with Crippen molar-refractivity contribution in [3.05, 3.63) is 90.0 Å². The van der Waals surface area contributed by atoms with E-state index >= 15 is 0 Å². The Kier molecular flexibility index (Phi) is 4.38. The number of nitrogens with zero attached hydrogens (tertiary/aromatic N) is 3. The van der Waals surface area contributed by atoms with E-state index in [1.807, 2.05) is 48.8 Å². The van der Waals surface area contributed by atoms with E-state index < -0.39 is 5.60 Å². The number of hydrogen-bond acceptors (Lipinski definition) is 3. The lowest BCUT2D eigenvalue weighted by atomic mass is 9.93.